The Balaban J connectivity index is 1.99. The molecule has 5 heteroatoms. The van der Waals surface area contributed by atoms with Crippen LogP contribution in [0.2, 0.25) is 0 Å². The van der Waals surface area contributed by atoms with Gasteiger partial charge in [0, 0.05) is 6.04 Å². The van der Waals surface area contributed by atoms with E-state index in [1.807, 2.05) is 0 Å². The zero-order valence-corrected chi connectivity index (χ0v) is 10.8. The topological polar surface area (TPSA) is 75.1 Å². The monoisotopic (exact) mass is 249 g/mol. The molecule has 1 saturated carbocycles. The minimum absolute atomic E-state index is 0.0223. The molecule has 2 N–H and O–H groups in total. The zero-order valence-electron chi connectivity index (χ0n) is 10.8. The summed E-state index contributed by atoms with van der Waals surface area (Å²) in [6.07, 6.45) is 3.58. The van der Waals surface area contributed by atoms with E-state index in [0.717, 1.165) is 12.3 Å². The van der Waals surface area contributed by atoms with Gasteiger partial charge in [0.25, 0.3) is 0 Å². The van der Waals surface area contributed by atoms with Crippen molar-refractivity contribution in [2.24, 2.45) is 11.8 Å². The average Bonchev–Trinajstić information content (AvgIpc) is 2.33. The Bertz CT molecular complexity index is 419. The molecule has 3 unspecified atom stereocenters. The highest BCUT2D eigenvalue weighted by Crippen LogP contribution is 2.30. The largest absolute Gasteiger partial charge is 0.476 e. The van der Waals surface area contributed by atoms with Gasteiger partial charge >= 0.3 is 5.97 Å². The van der Waals surface area contributed by atoms with Crippen LogP contribution in [0.5, 0.6) is 0 Å². The highest BCUT2D eigenvalue weighted by atomic mass is 16.4. The van der Waals surface area contributed by atoms with E-state index in [4.69, 9.17) is 5.11 Å². The molecule has 0 aromatic carbocycles. The minimum atomic E-state index is -1.05. The summed E-state index contributed by atoms with van der Waals surface area (Å²) in [7, 11) is 0. The maximum Gasteiger partial charge on any atom is 0.356 e. The molecule has 18 heavy (non-hydrogen) atoms. The second-order valence-corrected chi connectivity index (χ2v) is 5.26. The summed E-state index contributed by atoms with van der Waals surface area (Å²) in [5, 5.41) is 19.7. The van der Waals surface area contributed by atoms with E-state index in [2.05, 4.69) is 29.4 Å². The van der Waals surface area contributed by atoms with Crippen LogP contribution in [0.4, 0.5) is 5.82 Å². The number of hydrogen-bond donors (Lipinski definition) is 2. The van der Waals surface area contributed by atoms with Crippen LogP contribution in [-0.2, 0) is 0 Å². The quantitative estimate of drug-likeness (QED) is 0.860. The molecule has 0 saturated heterocycles. The molecule has 0 bridgehead atoms. The lowest BCUT2D eigenvalue weighted by atomic mass is 9.80. The number of carboxylic acid groups (broad SMARTS) is 1. The lowest BCUT2D eigenvalue weighted by Gasteiger charge is -2.33. The number of nitrogens with zero attached hydrogens (tertiary/aromatic N) is 2. The second kappa shape index (κ2) is 5.33. The van der Waals surface area contributed by atoms with E-state index in [-0.39, 0.29) is 5.69 Å². The fourth-order valence-electron chi connectivity index (χ4n) is 2.59. The van der Waals surface area contributed by atoms with E-state index in [9.17, 15) is 4.79 Å². The SMILES string of the molecule is CC1CCC(Nc2ccc(C(=O)O)nn2)C(C)C1. The van der Waals surface area contributed by atoms with Crippen molar-refractivity contribution in [3.8, 4) is 0 Å². The molecule has 1 fully saturated rings. The number of anilines is 1. The van der Waals surface area contributed by atoms with Gasteiger partial charge in [0.2, 0.25) is 0 Å². The third-order valence-electron chi connectivity index (χ3n) is 3.65. The molecule has 1 aliphatic carbocycles. The van der Waals surface area contributed by atoms with Gasteiger partial charge in [-0.15, -0.1) is 10.2 Å². The van der Waals surface area contributed by atoms with Crippen molar-refractivity contribution in [1.82, 2.24) is 10.2 Å². The summed E-state index contributed by atoms with van der Waals surface area (Å²) >= 11 is 0. The summed E-state index contributed by atoms with van der Waals surface area (Å²) in [4.78, 5) is 10.7. The van der Waals surface area contributed by atoms with E-state index in [1.165, 1.54) is 18.9 Å². The molecule has 2 rings (SSSR count). The van der Waals surface area contributed by atoms with Crippen molar-refractivity contribution in [3.63, 3.8) is 0 Å². The van der Waals surface area contributed by atoms with Crippen LogP contribution >= 0.6 is 0 Å². The van der Waals surface area contributed by atoms with Gasteiger partial charge in [-0.3, -0.25) is 0 Å². The third kappa shape index (κ3) is 2.97. The van der Waals surface area contributed by atoms with Crippen LogP contribution in [0.25, 0.3) is 0 Å². The normalized spacial score (nSPS) is 27.8. The summed E-state index contributed by atoms with van der Waals surface area (Å²) in [5.74, 6) is 1.01. The van der Waals surface area contributed by atoms with Crippen molar-refractivity contribution in [2.75, 3.05) is 5.32 Å². The lowest BCUT2D eigenvalue weighted by molar-refractivity contribution is 0.0689. The van der Waals surface area contributed by atoms with Gasteiger partial charge in [0.15, 0.2) is 5.69 Å². The Hall–Kier alpha value is -1.65. The van der Waals surface area contributed by atoms with E-state index >= 15 is 0 Å². The molecule has 0 spiro atoms. The Morgan fingerprint density at radius 2 is 2.11 bits per heavy atom. The van der Waals surface area contributed by atoms with Crippen molar-refractivity contribution in [3.05, 3.63) is 17.8 Å². The maximum atomic E-state index is 10.7. The number of aromatic nitrogens is 2. The molecule has 5 nitrogen and oxygen atoms in total. The molecule has 98 valence electrons. The molecular weight excluding hydrogens is 230 g/mol. The predicted molar refractivity (Wildman–Crippen MR) is 68.6 cm³/mol. The fourth-order valence-corrected chi connectivity index (χ4v) is 2.59. The van der Waals surface area contributed by atoms with Crippen molar-refractivity contribution < 1.29 is 9.90 Å². The standard InChI is InChI=1S/C13H19N3O2/c1-8-3-4-10(9(2)7-8)14-12-6-5-11(13(17)18)15-16-12/h5-6,8-10H,3-4,7H2,1-2H3,(H,14,16)(H,17,18). The number of carbonyl (C=O) groups is 1. The predicted octanol–water partition coefficient (Wildman–Crippen LogP) is 2.41. The van der Waals surface area contributed by atoms with Gasteiger partial charge in [0.05, 0.1) is 0 Å². The van der Waals surface area contributed by atoms with Crippen LogP contribution in [0.15, 0.2) is 12.1 Å². The smallest absolute Gasteiger partial charge is 0.356 e. The average molecular weight is 249 g/mol. The first kappa shape index (κ1) is 12.8. The molecule has 3 atom stereocenters. The van der Waals surface area contributed by atoms with Crippen LogP contribution in [0.1, 0.15) is 43.6 Å². The van der Waals surface area contributed by atoms with Gasteiger partial charge < -0.3 is 10.4 Å². The van der Waals surface area contributed by atoms with E-state index in [1.54, 1.807) is 6.07 Å². The molecule has 1 aliphatic rings. The van der Waals surface area contributed by atoms with E-state index < -0.39 is 5.97 Å². The molecule has 0 radical (unpaired) electrons. The van der Waals surface area contributed by atoms with Crippen LogP contribution < -0.4 is 5.32 Å². The van der Waals surface area contributed by atoms with Gasteiger partial charge in [-0.05, 0) is 43.2 Å². The van der Waals surface area contributed by atoms with Crippen molar-refractivity contribution in [2.45, 2.75) is 39.2 Å². The Kier molecular flexibility index (Phi) is 3.79. The van der Waals surface area contributed by atoms with Crippen molar-refractivity contribution >= 4 is 11.8 Å². The van der Waals surface area contributed by atoms with Crippen LogP contribution in [0.3, 0.4) is 0 Å². The van der Waals surface area contributed by atoms with Gasteiger partial charge in [-0.25, -0.2) is 4.79 Å². The Labute approximate surface area is 107 Å². The first-order valence-electron chi connectivity index (χ1n) is 6.40. The summed E-state index contributed by atoms with van der Waals surface area (Å²) < 4.78 is 0. The molecule has 0 amide bonds. The van der Waals surface area contributed by atoms with Gasteiger partial charge in [0.1, 0.15) is 5.82 Å². The Morgan fingerprint density at radius 1 is 1.33 bits per heavy atom. The molecular formula is C13H19N3O2. The first-order valence-corrected chi connectivity index (χ1v) is 6.40. The highest BCUT2D eigenvalue weighted by molar-refractivity contribution is 5.85. The first-order chi connectivity index (χ1) is 8.56. The zero-order chi connectivity index (χ0) is 13.1. The maximum absolute atomic E-state index is 10.7. The summed E-state index contributed by atoms with van der Waals surface area (Å²) in [5.41, 5.74) is -0.0223. The molecule has 1 heterocycles. The summed E-state index contributed by atoms with van der Waals surface area (Å²) in [6.45, 7) is 4.53. The van der Waals surface area contributed by atoms with Crippen LogP contribution in [0, 0.1) is 11.8 Å². The molecule has 1 aromatic heterocycles. The minimum Gasteiger partial charge on any atom is -0.476 e. The number of aromatic carboxylic acids is 1. The van der Waals surface area contributed by atoms with Gasteiger partial charge in [-0.1, -0.05) is 13.8 Å². The Morgan fingerprint density at radius 3 is 2.67 bits per heavy atom. The fraction of sp³-hybridized carbons (Fsp3) is 0.615. The summed E-state index contributed by atoms with van der Waals surface area (Å²) in [6, 6.07) is 3.57. The molecule has 0 aliphatic heterocycles. The number of carboxylic acids is 1. The third-order valence-corrected chi connectivity index (χ3v) is 3.65. The highest BCUT2D eigenvalue weighted by Gasteiger charge is 2.25. The van der Waals surface area contributed by atoms with Crippen molar-refractivity contribution in [1.29, 1.82) is 0 Å². The lowest BCUT2D eigenvalue weighted by Crippen LogP contribution is -2.33. The number of rotatable bonds is 3. The molecule has 1 aromatic rings. The van der Waals surface area contributed by atoms with Gasteiger partial charge in [-0.2, -0.15) is 0 Å². The second-order valence-electron chi connectivity index (χ2n) is 5.26. The number of hydrogen-bond acceptors (Lipinski definition) is 4. The van der Waals surface area contributed by atoms with Crippen LogP contribution in [-0.4, -0.2) is 27.3 Å². The van der Waals surface area contributed by atoms with E-state index in [0.29, 0.717) is 17.8 Å². The number of nitrogens with one attached hydrogen (secondary N) is 1.